The van der Waals surface area contributed by atoms with Gasteiger partial charge in [-0.1, -0.05) is 49.0 Å². The molecule has 0 aromatic heterocycles. The van der Waals surface area contributed by atoms with Gasteiger partial charge in [-0.3, -0.25) is 4.79 Å². The summed E-state index contributed by atoms with van der Waals surface area (Å²) in [5.41, 5.74) is 2.56. The van der Waals surface area contributed by atoms with E-state index in [-0.39, 0.29) is 10.8 Å². The quantitative estimate of drug-likeness (QED) is 0.896. The van der Waals surface area contributed by atoms with E-state index in [1.165, 1.54) is 0 Å². The van der Waals surface area contributed by atoms with E-state index in [2.05, 4.69) is 16.6 Å². The predicted octanol–water partition coefficient (Wildman–Crippen LogP) is 2.42. The molecule has 24 heavy (non-hydrogen) atoms. The SMILES string of the molecule is C=C1CCC(NS(=O)(=O)c2ccc(-c3ccccc3)cc2)C(=O)N1. The average molecular weight is 342 g/mol. The Kier molecular flexibility index (Phi) is 4.51. The van der Waals surface area contributed by atoms with Crippen LogP contribution in [0, 0.1) is 0 Å². The number of benzene rings is 2. The van der Waals surface area contributed by atoms with Gasteiger partial charge in [0.15, 0.2) is 0 Å². The van der Waals surface area contributed by atoms with Gasteiger partial charge in [0.05, 0.1) is 4.90 Å². The Labute approximate surface area is 141 Å². The Bertz CT molecular complexity index is 859. The third-order valence-electron chi connectivity index (χ3n) is 3.92. The maximum absolute atomic E-state index is 12.5. The third-order valence-corrected chi connectivity index (χ3v) is 5.41. The van der Waals surface area contributed by atoms with Crippen LogP contribution in [-0.4, -0.2) is 20.4 Å². The van der Waals surface area contributed by atoms with Gasteiger partial charge in [-0.25, -0.2) is 8.42 Å². The fourth-order valence-electron chi connectivity index (χ4n) is 2.60. The second kappa shape index (κ2) is 6.59. The number of allylic oxidation sites excluding steroid dienone is 1. The molecule has 124 valence electrons. The molecule has 1 aliphatic heterocycles. The first-order chi connectivity index (χ1) is 11.5. The summed E-state index contributed by atoms with van der Waals surface area (Å²) in [7, 11) is -3.75. The Morgan fingerprint density at radius 2 is 1.62 bits per heavy atom. The van der Waals surface area contributed by atoms with Crippen molar-refractivity contribution < 1.29 is 13.2 Å². The van der Waals surface area contributed by atoms with Crippen LogP contribution in [0.2, 0.25) is 0 Å². The zero-order valence-corrected chi connectivity index (χ0v) is 13.8. The largest absolute Gasteiger partial charge is 0.329 e. The molecular weight excluding hydrogens is 324 g/mol. The zero-order valence-electron chi connectivity index (χ0n) is 13.0. The molecule has 1 atom stereocenters. The Morgan fingerprint density at radius 1 is 1.00 bits per heavy atom. The van der Waals surface area contributed by atoms with E-state index in [4.69, 9.17) is 0 Å². The lowest BCUT2D eigenvalue weighted by Gasteiger charge is -2.24. The fourth-order valence-corrected chi connectivity index (χ4v) is 3.83. The molecule has 2 aromatic rings. The lowest BCUT2D eigenvalue weighted by Crippen LogP contribution is -2.49. The van der Waals surface area contributed by atoms with Crippen LogP contribution in [0.15, 0.2) is 71.8 Å². The fraction of sp³-hybridized carbons (Fsp3) is 0.167. The molecule has 6 heteroatoms. The Hall–Kier alpha value is -2.44. The number of carbonyl (C=O) groups excluding carboxylic acids is 1. The van der Waals surface area contributed by atoms with Crippen LogP contribution in [-0.2, 0) is 14.8 Å². The van der Waals surface area contributed by atoms with Crippen LogP contribution in [0.1, 0.15) is 12.8 Å². The molecule has 1 aliphatic rings. The summed E-state index contributed by atoms with van der Waals surface area (Å²) in [6, 6.07) is 15.5. The minimum Gasteiger partial charge on any atom is -0.329 e. The van der Waals surface area contributed by atoms with Crippen LogP contribution in [0.25, 0.3) is 11.1 Å². The molecular formula is C18H18N2O3S. The summed E-state index contributed by atoms with van der Waals surface area (Å²) >= 11 is 0. The van der Waals surface area contributed by atoms with E-state index in [9.17, 15) is 13.2 Å². The minimum absolute atomic E-state index is 0.138. The number of sulfonamides is 1. The van der Waals surface area contributed by atoms with E-state index in [1.807, 2.05) is 30.3 Å². The second-order valence-corrected chi connectivity index (χ2v) is 7.41. The first-order valence-corrected chi connectivity index (χ1v) is 9.10. The van der Waals surface area contributed by atoms with Crippen molar-refractivity contribution >= 4 is 15.9 Å². The highest BCUT2D eigenvalue weighted by Gasteiger charge is 2.28. The van der Waals surface area contributed by atoms with Gasteiger partial charge in [-0.05, 0) is 36.1 Å². The summed E-state index contributed by atoms with van der Waals surface area (Å²) in [5, 5.41) is 2.57. The molecule has 0 aliphatic carbocycles. The van der Waals surface area contributed by atoms with Gasteiger partial charge >= 0.3 is 0 Å². The molecule has 1 heterocycles. The number of amides is 1. The van der Waals surface area contributed by atoms with Gasteiger partial charge in [0, 0.05) is 5.70 Å². The number of piperidine rings is 1. The summed E-state index contributed by atoms with van der Waals surface area (Å²) < 4.78 is 27.4. The first-order valence-electron chi connectivity index (χ1n) is 7.62. The molecule has 0 saturated carbocycles. The monoisotopic (exact) mass is 342 g/mol. The van der Waals surface area contributed by atoms with E-state index in [1.54, 1.807) is 24.3 Å². The van der Waals surface area contributed by atoms with Gasteiger partial charge in [-0.15, -0.1) is 0 Å². The molecule has 0 radical (unpaired) electrons. The van der Waals surface area contributed by atoms with Crippen molar-refractivity contribution in [2.45, 2.75) is 23.8 Å². The Balaban J connectivity index is 1.78. The molecule has 0 spiro atoms. The van der Waals surface area contributed by atoms with Crippen molar-refractivity contribution in [2.75, 3.05) is 0 Å². The summed E-state index contributed by atoms with van der Waals surface area (Å²) in [5.74, 6) is -0.365. The lowest BCUT2D eigenvalue weighted by atomic mass is 10.1. The van der Waals surface area contributed by atoms with E-state index < -0.39 is 16.1 Å². The number of rotatable bonds is 4. The number of nitrogens with one attached hydrogen (secondary N) is 2. The summed E-state index contributed by atoms with van der Waals surface area (Å²) in [6.07, 6.45) is 0.970. The average Bonchev–Trinajstić information content (AvgIpc) is 2.58. The number of hydrogen-bond acceptors (Lipinski definition) is 3. The van der Waals surface area contributed by atoms with Crippen LogP contribution in [0.3, 0.4) is 0 Å². The summed E-state index contributed by atoms with van der Waals surface area (Å²) in [4.78, 5) is 12.0. The van der Waals surface area contributed by atoms with Crippen molar-refractivity contribution in [3.8, 4) is 11.1 Å². The minimum atomic E-state index is -3.75. The van der Waals surface area contributed by atoms with E-state index >= 15 is 0 Å². The molecule has 3 rings (SSSR count). The second-order valence-electron chi connectivity index (χ2n) is 5.70. The van der Waals surface area contributed by atoms with Crippen LogP contribution >= 0.6 is 0 Å². The molecule has 2 N–H and O–H groups in total. The van der Waals surface area contributed by atoms with E-state index in [0.717, 1.165) is 11.1 Å². The topological polar surface area (TPSA) is 75.3 Å². The molecule has 1 saturated heterocycles. The van der Waals surface area contributed by atoms with Crippen LogP contribution in [0.5, 0.6) is 0 Å². The molecule has 5 nitrogen and oxygen atoms in total. The number of carbonyl (C=O) groups is 1. The van der Waals surface area contributed by atoms with Crippen molar-refractivity contribution in [1.29, 1.82) is 0 Å². The highest BCUT2D eigenvalue weighted by atomic mass is 32.2. The van der Waals surface area contributed by atoms with E-state index in [0.29, 0.717) is 18.5 Å². The normalized spacial score (nSPS) is 18.2. The van der Waals surface area contributed by atoms with Crippen LogP contribution in [0.4, 0.5) is 0 Å². The maximum Gasteiger partial charge on any atom is 0.242 e. The Morgan fingerprint density at radius 3 is 2.25 bits per heavy atom. The molecule has 1 unspecified atom stereocenters. The molecule has 1 amide bonds. The van der Waals surface area contributed by atoms with Gasteiger partial charge < -0.3 is 5.32 Å². The number of hydrogen-bond donors (Lipinski definition) is 2. The van der Waals surface area contributed by atoms with Gasteiger partial charge in [0.2, 0.25) is 15.9 Å². The van der Waals surface area contributed by atoms with Crippen LogP contribution < -0.4 is 10.0 Å². The smallest absolute Gasteiger partial charge is 0.242 e. The maximum atomic E-state index is 12.5. The van der Waals surface area contributed by atoms with Crippen molar-refractivity contribution in [3.05, 3.63) is 66.9 Å². The van der Waals surface area contributed by atoms with Gasteiger partial charge in [0.1, 0.15) is 6.04 Å². The first kappa shape index (κ1) is 16.4. The third kappa shape index (κ3) is 3.55. The molecule has 2 aromatic carbocycles. The standard InChI is InChI=1S/C18H18N2O3S/c1-13-7-12-17(18(21)19-13)20-24(22,23)16-10-8-15(9-11-16)14-5-3-2-4-6-14/h2-6,8-11,17,20H,1,7,12H2,(H,19,21). The van der Waals surface area contributed by atoms with Gasteiger partial charge in [-0.2, -0.15) is 4.72 Å². The van der Waals surface area contributed by atoms with Crippen molar-refractivity contribution in [2.24, 2.45) is 0 Å². The zero-order chi connectivity index (χ0) is 17.2. The predicted molar refractivity (Wildman–Crippen MR) is 92.5 cm³/mol. The molecule has 0 bridgehead atoms. The summed E-state index contributed by atoms with van der Waals surface area (Å²) in [6.45, 7) is 3.68. The highest BCUT2D eigenvalue weighted by Crippen LogP contribution is 2.21. The van der Waals surface area contributed by atoms with Crippen molar-refractivity contribution in [1.82, 2.24) is 10.0 Å². The highest BCUT2D eigenvalue weighted by molar-refractivity contribution is 7.89. The van der Waals surface area contributed by atoms with Crippen molar-refractivity contribution in [3.63, 3.8) is 0 Å². The van der Waals surface area contributed by atoms with Gasteiger partial charge in [0.25, 0.3) is 0 Å². The lowest BCUT2D eigenvalue weighted by molar-refractivity contribution is -0.123. The molecule has 1 fully saturated rings.